The van der Waals surface area contributed by atoms with Crippen LogP contribution < -0.4 is 5.32 Å². The number of carbonyl (C=O) groups excluding carboxylic acids is 1. The molecule has 1 aromatic rings. The van der Waals surface area contributed by atoms with Crippen molar-refractivity contribution in [3.63, 3.8) is 0 Å². The van der Waals surface area contributed by atoms with Crippen LogP contribution in [-0.4, -0.2) is 28.4 Å². The average Bonchev–Trinajstić information content (AvgIpc) is 2.38. The Hall–Kier alpha value is -1.08. The summed E-state index contributed by atoms with van der Waals surface area (Å²) < 4.78 is 0.523. The Morgan fingerprint density at radius 3 is 2.75 bits per heavy atom. The van der Waals surface area contributed by atoms with Gasteiger partial charge in [0.2, 0.25) is 0 Å². The average molecular weight is 359 g/mol. The number of halogens is 1. The number of nitrogens with zero attached hydrogens (tertiary/aromatic N) is 1. The van der Waals surface area contributed by atoms with E-state index in [-0.39, 0.29) is 16.3 Å². The zero-order chi connectivity index (χ0) is 14.8. The first-order valence-corrected chi connectivity index (χ1v) is 8.26. The predicted molar refractivity (Wildman–Crippen MR) is 83.2 cm³/mol. The highest BCUT2D eigenvalue weighted by Crippen LogP contribution is 2.42. The molecule has 0 aliphatic heterocycles. The van der Waals surface area contributed by atoms with Gasteiger partial charge in [-0.05, 0) is 47.2 Å². The first-order chi connectivity index (χ1) is 9.47. The van der Waals surface area contributed by atoms with Crippen LogP contribution in [0, 0.1) is 10.1 Å². The number of thioether (sulfide) groups is 1. The molecular formula is C13H15BrN2O3S. The highest BCUT2D eigenvalue weighted by molar-refractivity contribution is 9.10. The Balaban J connectivity index is 2.06. The lowest BCUT2D eigenvalue weighted by Gasteiger charge is -2.40. The lowest BCUT2D eigenvalue weighted by molar-refractivity contribution is -0.385. The van der Waals surface area contributed by atoms with Crippen molar-refractivity contribution in [1.82, 2.24) is 5.32 Å². The van der Waals surface area contributed by atoms with Crippen LogP contribution in [0.2, 0.25) is 0 Å². The van der Waals surface area contributed by atoms with E-state index in [1.165, 1.54) is 18.6 Å². The van der Waals surface area contributed by atoms with Crippen molar-refractivity contribution in [3.05, 3.63) is 38.3 Å². The van der Waals surface area contributed by atoms with Crippen LogP contribution in [0.5, 0.6) is 0 Å². The number of nitro groups is 1. The minimum Gasteiger partial charge on any atom is -0.351 e. The molecule has 1 aromatic carbocycles. The summed E-state index contributed by atoms with van der Waals surface area (Å²) in [6.07, 6.45) is 5.46. The van der Waals surface area contributed by atoms with Crippen molar-refractivity contribution < 1.29 is 9.72 Å². The molecule has 1 aliphatic carbocycles. The van der Waals surface area contributed by atoms with E-state index in [1.54, 1.807) is 17.8 Å². The van der Waals surface area contributed by atoms with E-state index in [4.69, 9.17) is 0 Å². The maximum Gasteiger partial charge on any atom is 0.284 e. The third kappa shape index (κ3) is 3.15. The third-order valence-corrected chi connectivity index (χ3v) is 5.76. The molecule has 1 N–H and O–H groups in total. The smallest absolute Gasteiger partial charge is 0.284 e. The van der Waals surface area contributed by atoms with Crippen LogP contribution >= 0.6 is 27.7 Å². The molecule has 0 spiro atoms. The summed E-state index contributed by atoms with van der Waals surface area (Å²) in [6.45, 7) is 0.608. The summed E-state index contributed by atoms with van der Waals surface area (Å²) >= 11 is 4.88. The van der Waals surface area contributed by atoms with Crippen LogP contribution in [-0.2, 0) is 0 Å². The molecule has 0 aromatic heterocycles. The lowest BCUT2D eigenvalue weighted by atomic mass is 9.84. The standard InChI is InChI=1S/C13H15BrN2O3S/c1-20-13(5-2-6-13)8-15-12(17)9-3-4-10(14)11(7-9)16(18)19/h3-4,7H,2,5-6,8H2,1H3,(H,15,17). The predicted octanol–water partition coefficient (Wildman–Crippen LogP) is 3.37. The minimum absolute atomic E-state index is 0.0964. The first kappa shape index (κ1) is 15.3. The molecule has 0 heterocycles. The van der Waals surface area contributed by atoms with Crippen LogP contribution in [0.4, 0.5) is 5.69 Å². The SMILES string of the molecule is CSC1(CNC(=O)c2ccc(Br)c([N+](=O)[O-])c2)CCC1. The molecule has 7 heteroatoms. The number of hydrogen-bond acceptors (Lipinski definition) is 4. The number of rotatable bonds is 5. The van der Waals surface area contributed by atoms with E-state index in [9.17, 15) is 14.9 Å². The highest BCUT2D eigenvalue weighted by Gasteiger charge is 2.36. The molecule has 0 atom stereocenters. The van der Waals surface area contributed by atoms with Crippen molar-refractivity contribution in [3.8, 4) is 0 Å². The monoisotopic (exact) mass is 358 g/mol. The van der Waals surface area contributed by atoms with Crippen LogP contribution in [0.15, 0.2) is 22.7 Å². The highest BCUT2D eigenvalue weighted by atomic mass is 79.9. The van der Waals surface area contributed by atoms with Gasteiger partial charge in [0, 0.05) is 22.9 Å². The molecule has 0 unspecified atom stereocenters. The number of carbonyl (C=O) groups is 1. The Bertz CT molecular complexity index is 541. The molecule has 1 saturated carbocycles. The van der Waals surface area contributed by atoms with Gasteiger partial charge in [-0.2, -0.15) is 11.8 Å². The van der Waals surface area contributed by atoms with E-state index >= 15 is 0 Å². The van der Waals surface area contributed by atoms with Gasteiger partial charge in [-0.1, -0.05) is 6.42 Å². The summed E-state index contributed by atoms with van der Waals surface area (Å²) in [5.74, 6) is -0.263. The van der Waals surface area contributed by atoms with Gasteiger partial charge in [0.15, 0.2) is 0 Å². The van der Waals surface area contributed by atoms with Crippen LogP contribution in [0.3, 0.4) is 0 Å². The van der Waals surface area contributed by atoms with E-state index in [1.807, 2.05) is 0 Å². The summed E-state index contributed by atoms with van der Waals surface area (Å²) in [6, 6.07) is 4.41. The molecule has 0 saturated heterocycles. The Labute approximate surface area is 129 Å². The number of nitrogens with one attached hydrogen (secondary N) is 1. The van der Waals surface area contributed by atoms with E-state index < -0.39 is 4.92 Å². The Morgan fingerprint density at radius 2 is 2.25 bits per heavy atom. The topological polar surface area (TPSA) is 72.2 Å². The normalized spacial score (nSPS) is 16.3. The minimum atomic E-state index is -0.504. The second kappa shape index (κ2) is 6.13. The second-order valence-corrected chi connectivity index (χ2v) is 6.98. The molecule has 1 fully saturated rings. The molecule has 108 valence electrons. The van der Waals surface area contributed by atoms with Gasteiger partial charge in [-0.25, -0.2) is 0 Å². The fourth-order valence-corrected chi connectivity index (χ4v) is 3.47. The van der Waals surface area contributed by atoms with E-state index in [0.29, 0.717) is 16.6 Å². The number of hydrogen-bond donors (Lipinski definition) is 1. The molecule has 0 bridgehead atoms. The molecule has 20 heavy (non-hydrogen) atoms. The number of amides is 1. The van der Waals surface area contributed by atoms with Crippen molar-refractivity contribution in [2.75, 3.05) is 12.8 Å². The molecule has 5 nitrogen and oxygen atoms in total. The first-order valence-electron chi connectivity index (χ1n) is 6.25. The Kier molecular flexibility index (Phi) is 4.70. The lowest BCUT2D eigenvalue weighted by Crippen LogP contribution is -2.45. The van der Waals surface area contributed by atoms with Crippen molar-refractivity contribution in [2.24, 2.45) is 0 Å². The molecule has 1 amide bonds. The van der Waals surface area contributed by atoms with Crippen molar-refractivity contribution >= 4 is 39.3 Å². The quantitative estimate of drug-likeness (QED) is 0.646. The van der Waals surface area contributed by atoms with Gasteiger partial charge < -0.3 is 5.32 Å². The molecule has 2 rings (SSSR count). The fraction of sp³-hybridized carbons (Fsp3) is 0.462. The summed E-state index contributed by atoms with van der Waals surface area (Å²) in [5.41, 5.74) is 0.219. The Morgan fingerprint density at radius 1 is 1.55 bits per heavy atom. The van der Waals surface area contributed by atoms with Gasteiger partial charge in [-0.3, -0.25) is 14.9 Å². The van der Waals surface area contributed by atoms with Gasteiger partial charge in [-0.15, -0.1) is 0 Å². The van der Waals surface area contributed by atoms with E-state index in [2.05, 4.69) is 27.5 Å². The summed E-state index contributed by atoms with van der Waals surface area (Å²) in [4.78, 5) is 22.4. The van der Waals surface area contributed by atoms with Gasteiger partial charge in [0.25, 0.3) is 11.6 Å². The fourth-order valence-electron chi connectivity index (χ4n) is 2.16. The van der Waals surface area contributed by atoms with Crippen molar-refractivity contribution in [2.45, 2.75) is 24.0 Å². The summed E-state index contributed by atoms with van der Waals surface area (Å²) in [5, 5.41) is 13.7. The summed E-state index contributed by atoms with van der Waals surface area (Å²) in [7, 11) is 0. The van der Waals surface area contributed by atoms with E-state index in [0.717, 1.165) is 12.8 Å². The van der Waals surface area contributed by atoms with Crippen LogP contribution in [0.1, 0.15) is 29.6 Å². The third-order valence-electron chi connectivity index (χ3n) is 3.67. The van der Waals surface area contributed by atoms with Gasteiger partial charge in [0.1, 0.15) is 0 Å². The van der Waals surface area contributed by atoms with Gasteiger partial charge in [0.05, 0.1) is 9.40 Å². The molecule has 0 radical (unpaired) electrons. The number of nitro benzene ring substituents is 1. The molecule has 1 aliphatic rings. The zero-order valence-corrected chi connectivity index (χ0v) is 13.4. The second-order valence-electron chi connectivity index (χ2n) is 4.85. The number of benzene rings is 1. The maximum absolute atomic E-state index is 12.1. The molecular weight excluding hydrogens is 344 g/mol. The maximum atomic E-state index is 12.1. The largest absolute Gasteiger partial charge is 0.351 e. The van der Waals surface area contributed by atoms with Crippen molar-refractivity contribution in [1.29, 1.82) is 0 Å². The van der Waals surface area contributed by atoms with Gasteiger partial charge >= 0.3 is 0 Å². The zero-order valence-electron chi connectivity index (χ0n) is 11.0. The van der Waals surface area contributed by atoms with Crippen LogP contribution in [0.25, 0.3) is 0 Å².